The third kappa shape index (κ3) is 2.91. The first-order chi connectivity index (χ1) is 11.3. The fourth-order valence-corrected chi connectivity index (χ4v) is 3.43. The van der Waals surface area contributed by atoms with E-state index in [1.807, 2.05) is 24.3 Å². The van der Waals surface area contributed by atoms with Crippen LogP contribution in [0.4, 0.5) is 0 Å². The second-order valence-corrected chi connectivity index (χ2v) is 7.12. The summed E-state index contributed by atoms with van der Waals surface area (Å²) in [6, 6.07) is 6.50. The average Bonchev–Trinajstić information content (AvgIpc) is 3.09. The van der Waals surface area contributed by atoms with Crippen LogP contribution in [0.3, 0.4) is 0 Å². The van der Waals surface area contributed by atoms with Gasteiger partial charge in [-0.2, -0.15) is 5.10 Å². The second-order valence-electron chi connectivity index (χ2n) is 7.12. The van der Waals surface area contributed by atoms with Crippen LogP contribution in [0.5, 0.6) is 0 Å². The highest BCUT2D eigenvalue weighted by Crippen LogP contribution is 2.42. The van der Waals surface area contributed by atoms with Crippen molar-refractivity contribution >= 4 is 11.8 Å². The van der Waals surface area contributed by atoms with E-state index in [0.29, 0.717) is 24.2 Å². The highest BCUT2D eigenvalue weighted by Gasteiger charge is 2.42. The lowest BCUT2D eigenvalue weighted by Crippen LogP contribution is -2.30. The maximum absolute atomic E-state index is 12.8. The molecule has 2 aromatic rings. The first-order valence-corrected chi connectivity index (χ1v) is 7.95. The van der Waals surface area contributed by atoms with Crippen LogP contribution in [0.1, 0.15) is 46.0 Å². The highest BCUT2D eigenvalue weighted by atomic mass is 16.2. The van der Waals surface area contributed by atoms with E-state index in [2.05, 4.69) is 18.9 Å². The molecule has 1 aromatic carbocycles. The molecule has 1 aromatic heterocycles. The summed E-state index contributed by atoms with van der Waals surface area (Å²) in [7, 11) is 1.90. The van der Waals surface area contributed by atoms with Gasteiger partial charge >= 0.3 is 0 Å². The quantitative estimate of drug-likeness (QED) is 0.933. The Morgan fingerprint density at radius 3 is 2.38 bits per heavy atom. The molecule has 1 aliphatic rings. The van der Waals surface area contributed by atoms with Crippen LogP contribution in [0.15, 0.2) is 36.7 Å². The summed E-state index contributed by atoms with van der Waals surface area (Å²) in [6.07, 6.45) is 3.89. The fraction of sp³-hybridized carbons (Fsp3) is 0.389. The lowest BCUT2D eigenvalue weighted by atomic mass is 9.79. The number of primary amides is 1. The Morgan fingerprint density at radius 2 is 1.83 bits per heavy atom. The molecule has 2 heterocycles. The molecule has 1 atom stereocenters. The van der Waals surface area contributed by atoms with Crippen LogP contribution < -0.4 is 5.73 Å². The molecule has 24 heavy (non-hydrogen) atoms. The molecule has 1 fully saturated rings. The number of carbonyl (C=O) groups excluding carboxylic acids is 2. The number of likely N-dealkylation sites (tertiary alicyclic amines) is 1. The molecule has 2 amide bonds. The number of hydrogen-bond donors (Lipinski definition) is 1. The number of nitrogens with two attached hydrogens (primary N) is 1. The van der Waals surface area contributed by atoms with E-state index >= 15 is 0 Å². The minimum atomic E-state index is -0.493. The molecule has 0 radical (unpaired) electrons. The van der Waals surface area contributed by atoms with Gasteiger partial charge in [0.25, 0.3) is 5.91 Å². The molecule has 126 valence electrons. The van der Waals surface area contributed by atoms with Crippen LogP contribution in [0.25, 0.3) is 0 Å². The summed E-state index contributed by atoms with van der Waals surface area (Å²) in [5.41, 5.74) is 7.35. The van der Waals surface area contributed by atoms with Crippen molar-refractivity contribution in [3.63, 3.8) is 0 Å². The Morgan fingerprint density at radius 1 is 1.21 bits per heavy atom. The van der Waals surface area contributed by atoms with E-state index in [9.17, 15) is 9.59 Å². The normalized spacial score (nSPS) is 19.5. The number of aromatic nitrogens is 2. The van der Waals surface area contributed by atoms with Crippen molar-refractivity contribution in [2.24, 2.45) is 18.2 Å². The highest BCUT2D eigenvalue weighted by molar-refractivity contribution is 5.97. The zero-order valence-corrected chi connectivity index (χ0v) is 14.2. The molecule has 1 saturated heterocycles. The number of aryl methyl sites for hydroxylation is 1. The number of carbonyl (C=O) groups is 2. The molecular formula is C18H22N4O2. The number of benzene rings is 1. The van der Waals surface area contributed by atoms with Gasteiger partial charge in [0.2, 0.25) is 5.91 Å². The van der Waals surface area contributed by atoms with E-state index in [-0.39, 0.29) is 17.2 Å². The van der Waals surface area contributed by atoms with E-state index in [0.717, 1.165) is 5.56 Å². The SMILES string of the molecule is Cn1cc(C2CN(C(=O)c3ccc(C(N)=O)cc3)CC2(C)C)cn1. The van der Waals surface area contributed by atoms with Crippen LogP contribution in [0, 0.1) is 5.41 Å². The molecule has 0 spiro atoms. The van der Waals surface area contributed by atoms with Gasteiger partial charge in [-0.25, -0.2) is 0 Å². The second kappa shape index (κ2) is 5.78. The van der Waals surface area contributed by atoms with Gasteiger partial charge in [-0.3, -0.25) is 14.3 Å². The van der Waals surface area contributed by atoms with Crippen LogP contribution in [0.2, 0.25) is 0 Å². The molecule has 3 rings (SSSR count). The third-order valence-electron chi connectivity index (χ3n) is 4.78. The molecule has 6 nitrogen and oxygen atoms in total. The lowest BCUT2D eigenvalue weighted by Gasteiger charge is -2.24. The topological polar surface area (TPSA) is 81.2 Å². The van der Waals surface area contributed by atoms with E-state index in [4.69, 9.17) is 5.73 Å². The van der Waals surface area contributed by atoms with E-state index < -0.39 is 5.91 Å². The predicted octanol–water partition coefficient (Wildman–Crippen LogP) is 1.78. The largest absolute Gasteiger partial charge is 0.366 e. The molecule has 0 bridgehead atoms. The molecule has 0 aliphatic carbocycles. The Hall–Kier alpha value is -2.63. The number of amides is 2. The van der Waals surface area contributed by atoms with Gasteiger partial charge in [-0.05, 0) is 35.2 Å². The monoisotopic (exact) mass is 326 g/mol. The summed E-state index contributed by atoms with van der Waals surface area (Å²) in [4.78, 5) is 25.8. The lowest BCUT2D eigenvalue weighted by molar-refractivity contribution is 0.0777. The predicted molar refractivity (Wildman–Crippen MR) is 90.6 cm³/mol. The van der Waals surface area contributed by atoms with E-state index in [1.165, 1.54) is 0 Å². The maximum Gasteiger partial charge on any atom is 0.253 e. The first-order valence-electron chi connectivity index (χ1n) is 7.95. The maximum atomic E-state index is 12.8. The summed E-state index contributed by atoms with van der Waals surface area (Å²) in [5.74, 6) is -0.265. The van der Waals surface area contributed by atoms with Gasteiger partial charge in [0, 0.05) is 43.4 Å². The van der Waals surface area contributed by atoms with Crippen molar-refractivity contribution in [1.82, 2.24) is 14.7 Å². The average molecular weight is 326 g/mol. The third-order valence-corrected chi connectivity index (χ3v) is 4.78. The van der Waals surface area contributed by atoms with Gasteiger partial charge in [-0.1, -0.05) is 13.8 Å². The Labute approximate surface area is 141 Å². The van der Waals surface area contributed by atoms with Crippen molar-refractivity contribution in [2.75, 3.05) is 13.1 Å². The summed E-state index contributed by atoms with van der Waals surface area (Å²) < 4.78 is 1.79. The van der Waals surface area contributed by atoms with E-state index in [1.54, 1.807) is 28.9 Å². The number of rotatable bonds is 3. The zero-order valence-electron chi connectivity index (χ0n) is 14.2. The fourth-order valence-electron chi connectivity index (χ4n) is 3.43. The van der Waals surface area contributed by atoms with Gasteiger partial charge in [0.1, 0.15) is 0 Å². The van der Waals surface area contributed by atoms with Gasteiger partial charge in [0.05, 0.1) is 6.20 Å². The zero-order chi connectivity index (χ0) is 17.5. The minimum Gasteiger partial charge on any atom is -0.366 e. The van der Waals surface area contributed by atoms with Gasteiger partial charge < -0.3 is 10.6 Å². The molecule has 0 saturated carbocycles. The van der Waals surface area contributed by atoms with Crippen molar-refractivity contribution in [1.29, 1.82) is 0 Å². The Kier molecular flexibility index (Phi) is 3.91. The first kappa shape index (κ1) is 16.2. The molecule has 1 unspecified atom stereocenters. The van der Waals surface area contributed by atoms with Crippen LogP contribution in [-0.4, -0.2) is 39.6 Å². The summed E-state index contributed by atoms with van der Waals surface area (Å²) in [6.45, 7) is 5.69. The molecule has 2 N–H and O–H groups in total. The van der Waals surface area contributed by atoms with Crippen molar-refractivity contribution < 1.29 is 9.59 Å². The smallest absolute Gasteiger partial charge is 0.253 e. The number of nitrogens with zero attached hydrogens (tertiary/aromatic N) is 3. The van der Waals surface area contributed by atoms with Crippen molar-refractivity contribution in [3.8, 4) is 0 Å². The summed E-state index contributed by atoms with van der Waals surface area (Å²) in [5, 5.41) is 4.25. The molecule has 6 heteroatoms. The number of hydrogen-bond acceptors (Lipinski definition) is 3. The van der Waals surface area contributed by atoms with Crippen LogP contribution >= 0.6 is 0 Å². The Bertz CT molecular complexity index is 777. The molecular weight excluding hydrogens is 304 g/mol. The minimum absolute atomic E-state index is 0.0220. The van der Waals surface area contributed by atoms with Gasteiger partial charge in [0.15, 0.2) is 0 Å². The summed E-state index contributed by atoms with van der Waals surface area (Å²) >= 11 is 0. The van der Waals surface area contributed by atoms with Crippen molar-refractivity contribution in [2.45, 2.75) is 19.8 Å². The van der Waals surface area contributed by atoms with Crippen LogP contribution in [-0.2, 0) is 7.05 Å². The standard InChI is InChI=1S/C18H22N4O2/c1-18(2)11-22(10-15(18)14-8-20-21(3)9-14)17(24)13-6-4-12(5-7-13)16(19)23/h4-9,15H,10-11H2,1-3H3,(H2,19,23). The Balaban J connectivity index is 1.80. The van der Waals surface area contributed by atoms with Gasteiger partial charge in [-0.15, -0.1) is 0 Å². The van der Waals surface area contributed by atoms with Crippen molar-refractivity contribution in [3.05, 3.63) is 53.3 Å². The molecule has 1 aliphatic heterocycles.